The molecule has 30 heavy (non-hydrogen) atoms. The second-order valence-electron chi connectivity index (χ2n) is 7.50. The fourth-order valence-electron chi connectivity index (χ4n) is 3.76. The number of nitrogens with zero attached hydrogens (tertiary/aromatic N) is 3. The highest BCUT2D eigenvalue weighted by atomic mass is 35.5. The number of carbonyl (C=O) groups is 1. The molecular formula is C20H25ClFN7O. The van der Waals surface area contributed by atoms with E-state index in [9.17, 15) is 9.18 Å². The molecule has 1 aromatic heterocycles. The first-order valence-corrected chi connectivity index (χ1v) is 10.5. The zero-order chi connectivity index (χ0) is 21.1. The molecule has 8 nitrogen and oxygen atoms in total. The molecule has 10 heteroatoms. The van der Waals surface area contributed by atoms with Crippen molar-refractivity contribution in [3.63, 3.8) is 0 Å². The highest BCUT2D eigenvalue weighted by molar-refractivity contribution is 6.31. The van der Waals surface area contributed by atoms with Crippen molar-refractivity contribution in [1.82, 2.24) is 30.8 Å². The van der Waals surface area contributed by atoms with Gasteiger partial charge < -0.3 is 26.2 Å². The summed E-state index contributed by atoms with van der Waals surface area (Å²) in [5.74, 6) is 0.0148. The van der Waals surface area contributed by atoms with Gasteiger partial charge in [0.2, 0.25) is 0 Å². The van der Waals surface area contributed by atoms with Gasteiger partial charge in [-0.2, -0.15) is 0 Å². The number of piperidine rings is 1. The summed E-state index contributed by atoms with van der Waals surface area (Å²) in [6.07, 6.45) is 8.96. The molecule has 3 aliphatic heterocycles. The zero-order valence-electron chi connectivity index (χ0n) is 16.7. The Morgan fingerprint density at radius 2 is 2.23 bits per heavy atom. The fraction of sp³-hybridized carbons (Fsp3) is 0.450. The van der Waals surface area contributed by atoms with Crippen molar-refractivity contribution in [1.29, 1.82) is 0 Å². The van der Waals surface area contributed by atoms with Crippen LogP contribution in [0.25, 0.3) is 5.57 Å². The summed E-state index contributed by atoms with van der Waals surface area (Å²) < 4.78 is 14.5. The van der Waals surface area contributed by atoms with Crippen LogP contribution in [-0.4, -0.2) is 52.7 Å². The standard InChI is InChI=1S/C20H25ClFN7O/c1-2-5-23-20(30)29-6-3-4-13(11-29)27-19-16(22)10-26-18(28-19)15-9-25-17-14(15)7-12(21)8-24-17/h7-10,13,17,24-25H,2-6,11H2,1H3,(H,23,30)(H,26,27,28). The number of aromatic nitrogens is 2. The number of fused-ring (bicyclic) bond motifs is 1. The van der Waals surface area contributed by atoms with Crippen molar-refractivity contribution in [3.05, 3.63) is 46.9 Å². The van der Waals surface area contributed by atoms with Crippen LogP contribution >= 0.6 is 11.6 Å². The van der Waals surface area contributed by atoms with Crippen molar-refractivity contribution in [2.75, 3.05) is 25.0 Å². The van der Waals surface area contributed by atoms with Gasteiger partial charge in [-0.25, -0.2) is 19.2 Å². The van der Waals surface area contributed by atoms with Gasteiger partial charge in [-0.15, -0.1) is 0 Å². The van der Waals surface area contributed by atoms with Gasteiger partial charge in [0.15, 0.2) is 17.5 Å². The van der Waals surface area contributed by atoms with Crippen LogP contribution in [0, 0.1) is 5.82 Å². The number of carbonyl (C=O) groups excluding carboxylic acids is 1. The summed E-state index contributed by atoms with van der Waals surface area (Å²) in [4.78, 5) is 22.6. The second kappa shape index (κ2) is 8.91. The van der Waals surface area contributed by atoms with E-state index in [4.69, 9.17) is 11.6 Å². The number of likely N-dealkylation sites (tertiary alicyclic amines) is 1. The van der Waals surface area contributed by atoms with Crippen LogP contribution < -0.4 is 21.3 Å². The Kier molecular flexibility index (Phi) is 6.08. The largest absolute Gasteiger partial charge is 0.367 e. The number of nitrogens with one attached hydrogen (secondary N) is 4. The summed E-state index contributed by atoms with van der Waals surface area (Å²) in [5, 5.41) is 13.0. The van der Waals surface area contributed by atoms with Gasteiger partial charge in [0.25, 0.3) is 0 Å². The van der Waals surface area contributed by atoms with E-state index in [-0.39, 0.29) is 24.1 Å². The molecule has 2 unspecified atom stereocenters. The summed E-state index contributed by atoms with van der Waals surface area (Å²) >= 11 is 6.11. The number of allylic oxidation sites excluding steroid dienone is 2. The molecular weight excluding hydrogens is 409 g/mol. The highest BCUT2D eigenvalue weighted by Crippen LogP contribution is 2.31. The maximum absolute atomic E-state index is 14.5. The van der Waals surface area contributed by atoms with Crippen LogP contribution in [0.15, 0.2) is 35.3 Å². The van der Waals surface area contributed by atoms with Crippen molar-refractivity contribution in [2.45, 2.75) is 38.4 Å². The van der Waals surface area contributed by atoms with Gasteiger partial charge >= 0.3 is 6.03 Å². The van der Waals surface area contributed by atoms with Crippen molar-refractivity contribution in [3.8, 4) is 0 Å². The Morgan fingerprint density at radius 3 is 3.07 bits per heavy atom. The Bertz CT molecular complexity index is 916. The van der Waals surface area contributed by atoms with E-state index in [1.54, 1.807) is 17.3 Å². The van der Waals surface area contributed by atoms with Crippen LogP contribution in [0.2, 0.25) is 0 Å². The topological polar surface area (TPSA) is 94.2 Å². The van der Waals surface area contributed by atoms with E-state index >= 15 is 0 Å². The normalized spacial score (nSPS) is 22.8. The first-order chi connectivity index (χ1) is 14.5. The zero-order valence-corrected chi connectivity index (χ0v) is 17.5. The van der Waals surface area contributed by atoms with E-state index in [1.807, 2.05) is 13.0 Å². The van der Waals surface area contributed by atoms with Gasteiger partial charge in [0.05, 0.1) is 11.2 Å². The van der Waals surface area contributed by atoms with Gasteiger partial charge in [0.1, 0.15) is 6.17 Å². The van der Waals surface area contributed by atoms with Crippen LogP contribution in [0.1, 0.15) is 32.0 Å². The Hall–Kier alpha value is -2.81. The van der Waals surface area contributed by atoms with Crippen molar-refractivity contribution in [2.24, 2.45) is 0 Å². The fourth-order valence-corrected chi connectivity index (χ4v) is 3.94. The maximum atomic E-state index is 14.5. The Balaban J connectivity index is 1.48. The average Bonchev–Trinajstić information content (AvgIpc) is 3.17. The van der Waals surface area contributed by atoms with Crippen molar-refractivity contribution < 1.29 is 9.18 Å². The molecule has 3 aliphatic rings. The molecule has 0 spiro atoms. The summed E-state index contributed by atoms with van der Waals surface area (Å²) in [6.45, 7) is 3.85. The maximum Gasteiger partial charge on any atom is 0.317 e. The second-order valence-corrected chi connectivity index (χ2v) is 7.94. The number of rotatable bonds is 5. The Labute approximate surface area is 179 Å². The SMILES string of the molecule is CCCNC(=O)N1CCCC(Nc2nc(C3=CNC4NC=C(Cl)C=C34)ncc2F)C1. The van der Waals surface area contributed by atoms with Gasteiger partial charge in [-0.1, -0.05) is 18.5 Å². The quantitative estimate of drug-likeness (QED) is 0.570. The summed E-state index contributed by atoms with van der Waals surface area (Å²) in [7, 11) is 0. The molecule has 0 aromatic carbocycles. The Morgan fingerprint density at radius 1 is 1.40 bits per heavy atom. The molecule has 4 heterocycles. The van der Waals surface area contributed by atoms with Crippen LogP contribution in [-0.2, 0) is 0 Å². The molecule has 4 N–H and O–H groups in total. The minimum Gasteiger partial charge on any atom is -0.367 e. The monoisotopic (exact) mass is 433 g/mol. The smallest absolute Gasteiger partial charge is 0.317 e. The highest BCUT2D eigenvalue weighted by Gasteiger charge is 2.29. The van der Waals surface area contributed by atoms with E-state index in [0.29, 0.717) is 30.5 Å². The van der Waals surface area contributed by atoms with Crippen LogP contribution in [0.4, 0.5) is 15.0 Å². The summed E-state index contributed by atoms with van der Waals surface area (Å²) in [6, 6.07) is -0.165. The third-order valence-electron chi connectivity index (χ3n) is 5.26. The number of anilines is 1. The molecule has 1 saturated heterocycles. The number of urea groups is 1. The van der Waals surface area contributed by atoms with E-state index in [1.165, 1.54) is 6.20 Å². The number of hydrogen-bond acceptors (Lipinski definition) is 6. The average molecular weight is 434 g/mol. The van der Waals surface area contributed by atoms with Gasteiger partial charge in [0, 0.05) is 49.2 Å². The third-order valence-corrected chi connectivity index (χ3v) is 5.48. The van der Waals surface area contributed by atoms with E-state index in [2.05, 4.69) is 31.2 Å². The molecule has 1 fully saturated rings. The lowest BCUT2D eigenvalue weighted by atomic mass is 10.0. The lowest BCUT2D eigenvalue weighted by Gasteiger charge is -2.33. The number of halogens is 2. The van der Waals surface area contributed by atoms with E-state index < -0.39 is 5.82 Å². The van der Waals surface area contributed by atoms with E-state index in [0.717, 1.165) is 30.4 Å². The van der Waals surface area contributed by atoms with Crippen LogP contribution in [0.5, 0.6) is 0 Å². The molecule has 0 saturated carbocycles. The van der Waals surface area contributed by atoms with Crippen molar-refractivity contribution >= 4 is 29.0 Å². The third kappa shape index (κ3) is 4.35. The minimum absolute atomic E-state index is 0.0814. The number of amides is 2. The molecule has 2 amide bonds. The van der Waals surface area contributed by atoms with Gasteiger partial charge in [-0.3, -0.25) is 0 Å². The minimum atomic E-state index is -0.525. The summed E-state index contributed by atoms with van der Waals surface area (Å²) in [5.41, 5.74) is 1.66. The molecule has 4 rings (SSSR count). The van der Waals surface area contributed by atoms with Gasteiger partial charge in [-0.05, 0) is 25.3 Å². The van der Waals surface area contributed by atoms with Crippen LogP contribution in [0.3, 0.4) is 0 Å². The molecule has 1 aromatic rings. The number of dihydropyridines is 1. The molecule has 0 bridgehead atoms. The first kappa shape index (κ1) is 20.5. The molecule has 160 valence electrons. The molecule has 0 radical (unpaired) electrons. The molecule has 2 atom stereocenters. The lowest BCUT2D eigenvalue weighted by molar-refractivity contribution is 0.182. The number of hydrogen-bond donors (Lipinski definition) is 4. The lowest BCUT2D eigenvalue weighted by Crippen LogP contribution is -2.49. The predicted octanol–water partition coefficient (Wildman–Crippen LogP) is 2.49. The molecule has 0 aliphatic carbocycles. The predicted molar refractivity (Wildman–Crippen MR) is 114 cm³/mol. The first-order valence-electron chi connectivity index (χ1n) is 10.2.